The molecule has 3 heteroatoms. The average Bonchev–Trinajstić information content (AvgIpc) is 2.42. The third kappa shape index (κ3) is 1.58. The van der Waals surface area contributed by atoms with Crippen LogP contribution in [0.25, 0.3) is 10.1 Å². The Morgan fingerprint density at radius 1 is 1.46 bits per heavy atom. The van der Waals surface area contributed by atoms with Crippen molar-refractivity contribution in [1.29, 1.82) is 0 Å². The predicted octanol–water partition coefficient (Wildman–Crippen LogP) is 4.24. The fraction of sp³-hybridized carbons (Fsp3) is 0.200. The van der Waals surface area contributed by atoms with Crippen molar-refractivity contribution in [2.75, 3.05) is 0 Å². The minimum atomic E-state index is 0.578. The number of alkyl halides is 1. The molecule has 2 aromatic rings. The minimum absolute atomic E-state index is 0.578. The quantitative estimate of drug-likeness (QED) is 0.548. The molecule has 0 aliphatic rings. The van der Waals surface area contributed by atoms with Gasteiger partial charge in [-0.1, -0.05) is 12.1 Å². The molecule has 0 aliphatic carbocycles. The lowest BCUT2D eigenvalue weighted by Crippen LogP contribution is -1.74. The summed E-state index contributed by atoms with van der Waals surface area (Å²) in [6.07, 6.45) is 0. The first-order chi connectivity index (χ1) is 6.22. The van der Waals surface area contributed by atoms with Gasteiger partial charge in [0.15, 0.2) is 0 Å². The van der Waals surface area contributed by atoms with E-state index >= 15 is 0 Å². The number of hydrogen-bond donors (Lipinski definition) is 1. The fourth-order valence-electron chi connectivity index (χ4n) is 1.33. The van der Waals surface area contributed by atoms with Gasteiger partial charge in [0.2, 0.25) is 0 Å². The Morgan fingerprint density at radius 2 is 2.23 bits per heavy atom. The maximum Gasteiger partial charge on any atom is 0.0474 e. The number of halogens is 1. The molecule has 13 heavy (non-hydrogen) atoms. The van der Waals surface area contributed by atoms with E-state index in [4.69, 9.17) is 11.6 Å². The van der Waals surface area contributed by atoms with Crippen molar-refractivity contribution in [2.24, 2.45) is 0 Å². The lowest BCUT2D eigenvalue weighted by Gasteiger charge is -1.95. The van der Waals surface area contributed by atoms with Crippen LogP contribution in [0, 0.1) is 6.92 Å². The van der Waals surface area contributed by atoms with Crippen molar-refractivity contribution < 1.29 is 0 Å². The van der Waals surface area contributed by atoms with Gasteiger partial charge in [-0.25, -0.2) is 0 Å². The Labute approximate surface area is 91.9 Å². The summed E-state index contributed by atoms with van der Waals surface area (Å²) >= 11 is 12.0. The van der Waals surface area contributed by atoms with E-state index in [0.29, 0.717) is 5.88 Å². The second kappa shape index (κ2) is 3.52. The van der Waals surface area contributed by atoms with Crippen molar-refractivity contribution in [2.45, 2.75) is 17.7 Å². The fourth-order valence-corrected chi connectivity index (χ4v) is 2.93. The molecule has 1 aromatic carbocycles. The molecule has 1 heterocycles. The predicted molar refractivity (Wildman–Crippen MR) is 63.4 cm³/mol. The van der Waals surface area contributed by atoms with E-state index in [-0.39, 0.29) is 0 Å². The first kappa shape index (κ1) is 9.38. The Hall–Kier alpha value is -0.180. The zero-order chi connectivity index (χ0) is 9.42. The Morgan fingerprint density at radius 3 is 2.92 bits per heavy atom. The normalized spacial score (nSPS) is 11.0. The van der Waals surface area contributed by atoms with Crippen molar-refractivity contribution in [3.8, 4) is 0 Å². The maximum atomic E-state index is 5.76. The lowest BCUT2D eigenvalue weighted by atomic mass is 10.2. The number of aryl methyl sites for hydroxylation is 1. The standard InChI is InChI=1S/C10H9ClS2/c1-6-10(12)8-3-2-7(5-11)4-9(8)13-6/h2-4,12H,5H2,1H3. The lowest BCUT2D eigenvalue weighted by molar-refractivity contribution is 1.42. The second-order valence-electron chi connectivity index (χ2n) is 2.97. The van der Waals surface area contributed by atoms with Gasteiger partial charge in [-0.05, 0) is 18.6 Å². The van der Waals surface area contributed by atoms with Crippen molar-refractivity contribution >= 4 is 45.7 Å². The number of thiophene rings is 1. The van der Waals surface area contributed by atoms with Crippen LogP contribution in [-0.2, 0) is 5.88 Å². The highest BCUT2D eigenvalue weighted by Crippen LogP contribution is 2.33. The maximum absolute atomic E-state index is 5.76. The molecule has 2 rings (SSSR count). The van der Waals surface area contributed by atoms with Crippen LogP contribution in [0.15, 0.2) is 23.1 Å². The number of fused-ring (bicyclic) bond motifs is 1. The molecular weight excluding hydrogens is 220 g/mol. The second-order valence-corrected chi connectivity index (χ2v) is 4.94. The molecule has 0 amide bonds. The van der Waals surface area contributed by atoms with E-state index in [1.165, 1.54) is 20.5 Å². The number of rotatable bonds is 1. The molecule has 0 unspecified atom stereocenters. The van der Waals surface area contributed by atoms with Gasteiger partial charge in [0.1, 0.15) is 0 Å². The van der Waals surface area contributed by atoms with Crippen LogP contribution in [0.5, 0.6) is 0 Å². The minimum Gasteiger partial charge on any atom is -0.142 e. The molecule has 1 aromatic heterocycles. The monoisotopic (exact) mass is 228 g/mol. The summed E-state index contributed by atoms with van der Waals surface area (Å²) in [6.45, 7) is 2.09. The zero-order valence-electron chi connectivity index (χ0n) is 7.17. The van der Waals surface area contributed by atoms with E-state index in [2.05, 4.69) is 37.8 Å². The molecule has 0 nitrogen and oxygen atoms in total. The van der Waals surface area contributed by atoms with Crippen LogP contribution in [0.1, 0.15) is 10.4 Å². The third-order valence-corrected chi connectivity index (χ3v) is 4.16. The van der Waals surface area contributed by atoms with Crippen LogP contribution < -0.4 is 0 Å². The summed E-state index contributed by atoms with van der Waals surface area (Å²) in [5.74, 6) is 0.578. The molecule has 0 fully saturated rings. The summed E-state index contributed by atoms with van der Waals surface area (Å²) in [5.41, 5.74) is 1.17. The Kier molecular flexibility index (Phi) is 2.54. The van der Waals surface area contributed by atoms with Gasteiger partial charge >= 0.3 is 0 Å². The SMILES string of the molecule is Cc1sc2cc(CCl)ccc2c1S. The van der Waals surface area contributed by atoms with E-state index in [1.54, 1.807) is 11.3 Å². The van der Waals surface area contributed by atoms with Crippen molar-refractivity contribution in [3.05, 3.63) is 28.6 Å². The van der Waals surface area contributed by atoms with E-state index in [0.717, 1.165) is 4.90 Å². The van der Waals surface area contributed by atoms with E-state index < -0.39 is 0 Å². The summed E-state index contributed by atoms with van der Waals surface area (Å²) in [7, 11) is 0. The van der Waals surface area contributed by atoms with Gasteiger partial charge in [0, 0.05) is 25.7 Å². The van der Waals surface area contributed by atoms with Gasteiger partial charge in [-0.2, -0.15) is 0 Å². The van der Waals surface area contributed by atoms with Gasteiger partial charge in [-0.3, -0.25) is 0 Å². The molecule has 0 bridgehead atoms. The smallest absolute Gasteiger partial charge is 0.0474 e. The molecule has 0 saturated heterocycles. The van der Waals surface area contributed by atoms with E-state index in [1.807, 2.05) is 0 Å². The van der Waals surface area contributed by atoms with Gasteiger partial charge in [0.25, 0.3) is 0 Å². The highest BCUT2D eigenvalue weighted by molar-refractivity contribution is 7.80. The topological polar surface area (TPSA) is 0 Å². The van der Waals surface area contributed by atoms with Crippen LogP contribution in [-0.4, -0.2) is 0 Å². The number of thiol groups is 1. The van der Waals surface area contributed by atoms with Gasteiger partial charge in [0.05, 0.1) is 0 Å². The van der Waals surface area contributed by atoms with Crippen molar-refractivity contribution in [1.82, 2.24) is 0 Å². The largest absolute Gasteiger partial charge is 0.142 e. The van der Waals surface area contributed by atoms with Gasteiger partial charge in [-0.15, -0.1) is 35.6 Å². The molecule has 0 N–H and O–H groups in total. The summed E-state index contributed by atoms with van der Waals surface area (Å²) in [6, 6.07) is 6.29. The van der Waals surface area contributed by atoms with Crippen LogP contribution in [0.2, 0.25) is 0 Å². The highest BCUT2D eigenvalue weighted by atomic mass is 35.5. The Balaban J connectivity index is 2.73. The van der Waals surface area contributed by atoms with Crippen LogP contribution in [0.3, 0.4) is 0 Å². The summed E-state index contributed by atoms with van der Waals surface area (Å²) < 4.78 is 1.28. The third-order valence-electron chi connectivity index (χ3n) is 2.05. The molecule has 0 radical (unpaired) electrons. The van der Waals surface area contributed by atoms with Crippen LogP contribution in [0.4, 0.5) is 0 Å². The number of benzene rings is 1. The van der Waals surface area contributed by atoms with Crippen molar-refractivity contribution in [3.63, 3.8) is 0 Å². The highest BCUT2D eigenvalue weighted by Gasteiger charge is 2.05. The van der Waals surface area contributed by atoms with Crippen LogP contribution >= 0.6 is 35.6 Å². The number of hydrogen-bond acceptors (Lipinski definition) is 2. The molecule has 0 aliphatic heterocycles. The van der Waals surface area contributed by atoms with E-state index in [9.17, 15) is 0 Å². The zero-order valence-corrected chi connectivity index (χ0v) is 9.64. The Bertz CT molecular complexity index is 445. The molecule has 68 valence electrons. The first-order valence-corrected chi connectivity index (χ1v) is 5.79. The molecule has 0 spiro atoms. The first-order valence-electron chi connectivity index (χ1n) is 3.99. The summed E-state index contributed by atoms with van der Waals surface area (Å²) in [4.78, 5) is 2.37. The average molecular weight is 229 g/mol. The molecular formula is C10H9ClS2. The van der Waals surface area contributed by atoms with Gasteiger partial charge < -0.3 is 0 Å². The molecule has 0 atom stereocenters. The summed E-state index contributed by atoms with van der Waals surface area (Å²) in [5, 5.41) is 1.24. The molecule has 0 saturated carbocycles.